The lowest BCUT2D eigenvalue weighted by Gasteiger charge is -2.26. The zero-order chi connectivity index (χ0) is 19.9. The highest BCUT2D eigenvalue weighted by Gasteiger charge is 2.36. The zero-order valence-corrected chi connectivity index (χ0v) is 17.6. The second kappa shape index (κ2) is 7.65. The summed E-state index contributed by atoms with van der Waals surface area (Å²) in [6, 6.07) is 1.55. The monoisotopic (exact) mass is 406 g/mol. The second-order valence-electron chi connectivity index (χ2n) is 8.46. The first-order valence-electron chi connectivity index (χ1n) is 10.3. The van der Waals surface area contributed by atoms with Gasteiger partial charge in [0, 0.05) is 24.8 Å². The van der Waals surface area contributed by atoms with Gasteiger partial charge in [0.05, 0.1) is 0 Å². The Labute approximate surface area is 167 Å². The fourth-order valence-corrected chi connectivity index (χ4v) is 6.35. The van der Waals surface area contributed by atoms with Gasteiger partial charge in [-0.05, 0) is 87.7 Å². The third-order valence-electron chi connectivity index (χ3n) is 6.14. The van der Waals surface area contributed by atoms with E-state index in [9.17, 15) is 13.2 Å². The molecule has 2 amide bonds. The van der Waals surface area contributed by atoms with Gasteiger partial charge in [-0.15, -0.1) is 0 Å². The Bertz CT molecular complexity index is 850. The number of aryl methyl sites for hydroxylation is 2. The van der Waals surface area contributed by atoms with E-state index < -0.39 is 16.2 Å². The van der Waals surface area contributed by atoms with Crippen LogP contribution in [0, 0.1) is 0 Å². The maximum absolute atomic E-state index is 12.8. The van der Waals surface area contributed by atoms with Crippen LogP contribution in [-0.2, 0) is 35.9 Å². The Morgan fingerprint density at radius 3 is 2.36 bits per heavy atom. The highest BCUT2D eigenvalue weighted by molar-refractivity contribution is 7.87. The number of carbonyl (C=O) groups excluding carboxylic acids is 1. The molecule has 2 aliphatic carbocycles. The molecule has 1 heterocycles. The van der Waals surface area contributed by atoms with Crippen molar-refractivity contribution in [3.8, 4) is 0 Å². The Morgan fingerprint density at radius 1 is 1.11 bits per heavy atom. The molecule has 2 N–H and O–H groups in total. The summed E-state index contributed by atoms with van der Waals surface area (Å²) in [6.07, 6.45) is 7.79. The van der Waals surface area contributed by atoms with Gasteiger partial charge in [-0.25, -0.2) is 9.52 Å². The van der Waals surface area contributed by atoms with Gasteiger partial charge >= 0.3 is 16.2 Å². The number of hydrogen-bond acceptors (Lipinski definition) is 4. The van der Waals surface area contributed by atoms with Gasteiger partial charge in [0.25, 0.3) is 0 Å². The van der Waals surface area contributed by atoms with Crippen LogP contribution in [0.5, 0.6) is 0 Å². The molecule has 0 radical (unpaired) electrons. The summed E-state index contributed by atoms with van der Waals surface area (Å²) in [5.41, 5.74) is 5.87. The van der Waals surface area contributed by atoms with E-state index in [4.69, 9.17) is 0 Å². The molecule has 8 heteroatoms. The lowest BCUT2D eigenvalue weighted by Crippen LogP contribution is -2.49. The van der Waals surface area contributed by atoms with Gasteiger partial charge < -0.3 is 10.2 Å². The number of urea groups is 1. The number of carbonyl (C=O) groups is 1. The molecule has 28 heavy (non-hydrogen) atoms. The lowest BCUT2D eigenvalue weighted by molar-refractivity contribution is 0.254. The molecule has 0 spiro atoms. The number of rotatable bonds is 5. The van der Waals surface area contributed by atoms with Crippen molar-refractivity contribution in [3.63, 3.8) is 0 Å². The van der Waals surface area contributed by atoms with Gasteiger partial charge in [0.1, 0.15) is 0 Å². The van der Waals surface area contributed by atoms with E-state index in [1.807, 2.05) is 19.0 Å². The minimum absolute atomic E-state index is 0.0921. The summed E-state index contributed by atoms with van der Waals surface area (Å²) in [7, 11) is 0.00309. The molecule has 0 aromatic heterocycles. The lowest BCUT2D eigenvalue weighted by atomic mass is 9.99. The SMILES string of the molecule is CN(C)CC1CCCN1S(=O)(=O)NC(=O)Nc1c2c(cc3c1CCC3)CCC2. The molecule has 1 aromatic carbocycles. The van der Waals surface area contributed by atoms with Gasteiger partial charge in [0.15, 0.2) is 0 Å². The fourth-order valence-electron chi connectivity index (χ4n) is 5.01. The first-order chi connectivity index (χ1) is 13.3. The predicted molar refractivity (Wildman–Crippen MR) is 110 cm³/mol. The third-order valence-corrected chi connectivity index (χ3v) is 7.68. The zero-order valence-electron chi connectivity index (χ0n) is 16.8. The van der Waals surface area contributed by atoms with Gasteiger partial charge in [-0.2, -0.15) is 12.7 Å². The molecule has 1 fully saturated rings. The number of amides is 2. The molecular weight excluding hydrogens is 376 g/mol. The van der Waals surface area contributed by atoms with Crippen molar-refractivity contribution in [2.24, 2.45) is 0 Å². The van der Waals surface area contributed by atoms with E-state index in [2.05, 4.69) is 16.1 Å². The predicted octanol–water partition coefficient (Wildman–Crippen LogP) is 2.06. The molecule has 0 bridgehead atoms. The quantitative estimate of drug-likeness (QED) is 0.784. The summed E-state index contributed by atoms with van der Waals surface area (Å²) >= 11 is 0. The average molecular weight is 407 g/mol. The average Bonchev–Trinajstić information content (AvgIpc) is 3.32. The summed E-state index contributed by atoms with van der Waals surface area (Å²) in [5.74, 6) is 0. The number of fused-ring (bicyclic) bond motifs is 2. The summed E-state index contributed by atoms with van der Waals surface area (Å²) in [5, 5.41) is 2.91. The Kier molecular flexibility index (Phi) is 5.37. The summed E-state index contributed by atoms with van der Waals surface area (Å²) in [4.78, 5) is 14.7. The number of hydrogen-bond donors (Lipinski definition) is 2. The highest BCUT2D eigenvalue weighted by Crippen LogP contribution is 2.38. The van der Waals surface area contributed by atoms with Crippen molar-refractivity contribution in [1.29, 1.82) is 0 Å². The Morgan fingerprint density at radius 2 is 1.75 bits per heavy atom. The maximum atomic E-state index is 12.8. The van der Waals surface area contributed by atoms with Crippen LogP contribution in [0.25, 0.3) is 0 Å². The molecule has 1 unspecified atom stereocenters. The summed E-state index contributed by atoms with van der Waals surface area (Å²) < 4.78 is 29.4. The number of anilines is 1. The van der Waals surface area contributed by atoms with E-state index in [-0.39, 0.29) is 6.04 Å². The molecule has 1 aromatic rings. The van der Waals surface area contributed by atoms with Crippen molar-refractivity contribution in [3.05, 3.63) is 28.3 Å². The minimum Gasteiger partial charge on any atom is -0.308 e. The number of likely N-dealkylation sites (N-methyl/N-ethyl adjacent to an activating group) is 1. The maximum Gasteiger partial charge on any atom is 0.333 e. The van der Waals surface area contributed by atoms with Crippen LogP contribution in [0.1, 0.15) is 47.9 Å². The van der Waals surface area contributed by atoms with Gasteiger partial charge in [-0.1, -0.05) is 6.07 Å². The Balaban J connectivity index is 1.51. The first-order valence-corrected chi connectivity index (χ1v) is 11.7. The molecule has 1 saturated heterocycles. The van der Waals surface area contributed by atoms with E-state index in [1.165, 1.54) is 26.6 Å². The summed E-state index contributed by atoms with van der Waals surface area (Å²) in [6.45, 7) is 1.11. The molecule has 7 nitrogen and oxygen atoms in total. The van der Waals surface area contributed by atoms with Gasteiger partial charge in [-0.3, -0.25) is 0 Å². The standard InChI is InChI=1S/C20H30N4O3S/c1-23(2)13-16-8-5-11-24(16)28(26,27)22-20(25)21-19-17-9-3-6-14(17)12-15-7-4-10-18(15)19/h12,16H,3-11,13H2,1-2H3,(H2,21,22,25). The van der Waals surface area contributed by atoms with Gasteiger partial charge in [0.2, 0.25) is 0 Å². The smallest absolute Gasteiger partial charge is 0.308 e. The first kappa shape index (κ1) is 19.7. The van der Waals surface area contributed by atoms with Crippen LogP contribution in [0.3, 0.4) is 0 Å². The topological polar surface area (TPSA) is 81.8 Å². The van der Waals surface area contributed by atoms with Crippen LogP contribution in [0.4, 0.5) is 10.5 Å². The van der Waals surface area contributed by atoms with Crippen molar-refractivity contribution < 1.29 is 13.2 Å². The molecule has 1 atom stereocenters. The molecule has 0 saturated carbocycles. The van der Waals surface area contributed by atoms with Crippen molar-refractivity contribution >= 4 is 21.9 Å². The van der Waals surface area contributed by atoms with Crippen molar-refractivity contribution in [2.45, 2.75) is 57.4 Å². The Hall–Kier alpha value is -1.64. The van der Waals surface area contributed by atoms with Crippen LogP contribution in [-0.4, -0.2) is 56.9 Å². The third kappa shape index (κ3) is 3.77. The molecular formula is C20H30N4O3S. The molecule has 4 rings (SSSR count). The normalized spacial score (nSPS) is 21.8. The van der Waals surface area contributed by atoms with Crippen molar-refractivity contribution in [1.82, 2.24) is 13.9 Å². The molecule has 1 aliphatic heterocycles. The molecule has 3 aliphatic rings. The largest absolute Gasteiger partial charge is 0.333 e. The van der Waals surface area contributed by atoms with Crippen LogP contribution >= 0.6 is 0 Å². The van der Waals surface area contributed by atoms with Crippen LogP contribution in [0.15, 0.2) is 6.07 Å². The van der Waals surface area contributed by atoms with E-state index >= 15 is 0 Å². The highest BCUT2D eigenvalue weighted by atomic mass is 32.2. The van der Waals surface area contributed by atoms with Crippen LogP contribution < -0.4 is 10.0 Å². The number of nitrogens with one attached hydrogen (secondary N) is 2. The number of nitrogens with zero attached hydrogens (tertiary/aromatic N) is 2. The minimum atomic E-state index is -3.86. The van der Waals surface area contributed by atoms with Crippen molar-refractivity contribution in [2.75, 3.05) is 32.5 Å². The van der Waals surface area contributed by atoms with E-state index in [1.54, 1.807) is 0 Å². The van der Waals surface area contributed by atoms with E-state index in [0.717, 1.165) is 57.1 Å². The second-order valence-corrected chi connectivity index (χ2v) is 10.1. The van der Waals surface area contributed by atoms with E-state index in [0.29, 0.717) is 13.1 Å². The number of benzene rings is 1. The fraction of sp³-hybridized carbons (Fsp3) is 0.650. The molecule has 154 valence electrons. The van der Waals surface area contributed by atoms with Crippen LogP contribution in [0.2, 0.25) is 0 Å².